The van der Waals surface area contributed by atoms with Gasteiger partial charge in [0.2, 0.25) is 0 Å². The van der Waals surface area contributed by atoms with Crippen molar-refractivity contribution >= 4 is 18.5 Å². The molecule has 0 N–H and O–H groups in total. The quantitative estimate of drug-likeness (QED) is 0.576. The molecule has 0 unspecified atom stereocenters. The van der Waals surface area contributed by atoms with Gasteiger partial charge in [0.05, 0.1) is 0 Å². The van der Waals surface area contributed by atoms with E-state index in [-0.39, 0.29) is 7.12 Å². The highest BCUT2D eigenvalue weighted by Gasteiger charge is 2.61. The molecule has 17 heavy (non-hydrogen) atoms. The summed E-state index contributed by atoms with van der Waals surface area (Å²) in [7, 11) is 0.0990. The molecule has 2 bridgehead atoms. The van der Waals surface area contributed by atoms with Crippen molar-refractivity contribution in [1.29, 1.82) is 0 Å². The van der Waals surface area contributed by atoms with Crippen LogP contribution in [0.15, 0.2) is 0 Å². The van der Waals surface area contributed by atoms with Crippen LogP contribution in [0.25, 0.3) is 0 Å². The highest BCUT2D eigenvalue weighted by Crippen LogP contribution is 2.73. The van der Waals surface area contributed by atoms with Gasteiger partial charge in [-0.2, -0.15) is 0 Å². The third kappa shape index (κ3) is 2.10. The summed E-state index contributed by atoms with van der Waals surface area (Å²) >= 11 is 2.34. The molecule has 0 aliphatic heterocycles. The molecule has 100 valence electrons. The average Bonchev–Trinajstić information content (AvgIpc) is 2.49. The van der Waals surface area contributed by atoms with Gasteiger partial charge in [-0.15, -0.1) is 11.4 Å². The molecule has 4 atom stereocenters. The second-order valence-corrected chi connectivity index (χ2v) is 13.3. The topological polar surface area (TPSA) is 0 Å². The van der Waals surface area contributed by atoms with Crippen LogP contribution in [0.3, 0.4) is 0 Å². The van der Waals surface area contributed by atoms with E-state index in [1.807, 2.05) is 0 Å². The van der Waals surface area contributed by atoms with Gasteiger partial charge in [-0.3, -0.25) is 0 Å². The summed E-state index contributed by atoms with van der Waals surface area (Å²) in [6.07, 6.45) is 4.43. The van der Waals surface area contributed by atoms with Crippen molar-refractivity contribution in [3.8, 4) is 0 Å². The zero-order valence-corrected chi connectivity index (χ0v) is 14.3. The summed E-state index contributed by atoms with van der Waals surface area (Å²) in [5, 5.41) is 1.43. The Kier molecular flexibility index (Phi) is 3.45. The molecule has 2 aliphatic rings. The number of rotatable bonds is 2. The molecule has 2 rings (SSSR count). The van der Waals surface area contributed by atoms with E-state index >= 15 is 0 Å². The van der Waals surface area contributed by atoms with E-state index in [9.17, 15) is 0 Å². The monoisotopic (exact) mass is 272 g/mol. The minimum atomic E-state index is 0.0990. The van der Waals surface area contributed by atoms with Crippen LogP contribution in [0, 0.1) is 16.7 Å². The fourth-order valence-electron chi connectivity index (χ4n) is 3.64. The Bertz CT molecular complexity index is 305. The Morgan fingerprint density at radius 2 is 1.76 bits per heavy atom. The maximum absolute atomic E-state index is 2.57. The molecule has 2 saturated carbocycles. The normalized spacial score (nSPS) is 41.8. The van der Waals surface area contributed by atoms with Crippen molar-refractivity contribution in [2.75, 3.05) is 6.66 Å². The summed E-state index contributed by atoms with van der Waals surface area (Å²) in [4.78, 5) is 0. The second-order valence-electron chi connectivity index (χ2n) is 7.87. The van der Waals surface area contributed by atoms with Gasteiger partial charge in [0, 0.05) is 5.25 Å². The minimum Gasteiger partial charge on any atom is -0.130 e. The standard InChI is InChI=1S/C15H29PS/c1-13(2,3)16(7)17-12-10-11-8-9-15(12,6)14(11,4)5/h11-12H,8-10H2,1-7H3/t11-,12-,15+,16-/m1/s1. The summed E-state index contributed by atoms with van der Waals surface area (Å²) in [5.74, 6) is 0.994. The molecular weight excluding hydrogens is 243 g/mol. The van der Waals surface area contributed by atoms with E-state index in [2.05, 4.69) is 59.6 Å². The second kappa shape index (κ2) is 4.14. The molecule has 0 radical (unpaired) electrons. The Morgan fingerprint density at radius 1 is 1.18 bits per heavy atom. The molecule has 0 aromatic carbocycles. The average molecular weight is 272 g/mol. The van der Waals surface area contributed by atoms with E-state index in [0.29, 0.717) is 16.0 Å². The van der Waals surface area contributed by atoms with Gasteiger partial charge in [-0.1, -0.05) is 41.5 Å². The highest BCUT2D eigenvalue weighted by atomic mass is 32.7. The lowest BCUT2D eigenvalue weighted by Gasteiger charge is -2.41. The largest absolute Gasteiger partial charge is 0.130 e. The Morgan fingerprint density at radius 3 is 2.12 bits per heavy atom. The SMILES string of the molecule is C[P@@](S[C@@H]1C[C@H]2CC[C@]1(C)C2(C)C)C(C)(C)C. The van der Waals surface area contributed by atoms with Crippen molar-refractivity contribution in [2.45, 2.75) is 71.2 Å². The van der Waals surface area contributed by atoms with Gasteiger partial charge in [-0.25, -0.2) is 0 Å². The van der Waals surface area contributed by atoms with Crippen LogP contribution >= 0.6 is 18.5 Å². The van der Waals surface area contributed by atoms with Crippen LogP contribution in [0.2, 0.25) is 0 Å². The van der Waals surface area contributed by atoms with Crippen LogP contribution in [-0.2, 0) is 0 Å². The minimum absolute atomic E-state index is 0.0990. The predicted octanol–water partition coefficient (Wildman–Crippen LogP) is 5.76. The molecular formula is C15H29PS. The van der Waals surface area contributed by atoms with Crippen molar-refractivity contribution in [3.63, 3.8) is 0 Å². The first-order valence-electron chi connectivity index (χ1n) is 6.99. The third-order valence-corrected chi connectivity index (χ3v) is 12.5. The first-order valence-corrected chi connectivity index (χ1v) is 10.3. The maximum Gasteiger partial charge on any atom is 0.0151 e. The lowest BCUT2D eigenvalue weighted by molar-refractivity contribution is 0.157. The van der Waals surface area contributed by atoms with Crippen LogP contribution < -0.4 is 0 Å². The molecule has 0 amide bonds. The molecule has 0 spiro atoms. The van der Waals surface area contributed by atoms with Crippen LogP contribution in [0.5, 0.6) is 0 Å². The Hall–Kier alpha value is 0.780. The van der Waals surface area contributed by atoms with Crippen molar-refractivity contribution < 1.29 is 0 Å². The highest BCUT2D eigenvalue weighted by molar-refractivity contribution is 8.56. The predicted molar refractivity (Wildman–Crippen MR) is 83.2 cm³/mol. The molecule has 0 nitrogen and oxygen atoms in total. The summed E-state index contributed by atoms with van der Waals surface area (Å²) in [6, 6.07) is 0. The first kappa shape index (κ1) is 14.2. The first-order chi connectivity index (χ1) is 7.59. The number of fused-ring (bicyclic) bond motifs is 2. The van der Waals surface area contributed by atoms with Gasteiger partial charge >= 0.3 is 0 Å². The molecule has 0 saturated heterocycles. The lowest BCUT2D eigenvalue weighted by atomic mass is 9.71. The molecule has 2 heteroatoms. The summed E-state index contributed by atoms with van der Waals surface area (Å²) in [5.41, 5.74) is 1.18. The molecule has 0 aromatic rings. The van der Waals surface area contributed by atoms with Crippen LogP contribution in [0.1, 0.15) is 60.8 Å². The van der Waals surface area contributed by atoms with E-state index in [0.717, 1.165) is 11.2 Å². The van der Waals surface area contributed by atoms with Crippen molar-refractivity contribution in [3.05, 3.63) is 0 Å². The fourth-order valence-corrected chi connectivity index (χ4v) is 8.36. The number of hydrogen-bond donors (Lipinski definition) is 0. The van der Waals surface area contributed by atoms with Gasteiger partial charge in [0.1, 0.15) is 0 Å². The molecule has 2 aliphatic carbocycles. The Balaban J connectivity index is 2.11. The number of hydrogen-bond acceptors (Lipinski definition) is 1. The Labute approximate surface area is 113 Å². The lowest BCUT2D eigenvalue weighted by Crippen LogP contribution is -2.34. The van der Waals surface area contributed by atoms with Crippen molar-refractivity contribution in [1.82, 2.24) is 0 Å². The van der Waals surface area contributed by atoms with Crippen molar-refractivity contribution in [2.24, 2.45) is 16.7 Å². The fraction of sp³-hybridized carbons (Fsp3) is 1.00. The molecule has 0 heterocycles. The van der Waals surface area contributed by atoms with Gasteiger partial charge in [0.15, 0.2) is 0 Å². The summed E-state index contributed by atoms with van der Waals surface area (Å²) in [6.45, 7) is 17.3. The van der Waals surface area contributed by atoms with Gasteiger partial charge < -0.3 is 0 Å². The summed E-state index contributed by atoms with van der Waals surface area (Å²) < 4.78 is 0. The van der Waals surface area contributed by atoms with Gasteiger partial charge in [0.25, 0.3) is 0 Å². The van der Waals surface area contributed by atoms with Gasteiger partial charge in [-0.05, 0) is 55.0 Å². The van der Waals surface area contributed by atoms with E-state index < -0.39 is 0 Å². The van der Waals surface area contributed by atoms with E-state index in [1.54, 1.807) is 0 Å². The zero-order valence-electron chi connectivity index (χ0n) is 12.6. The smallest absolute Gasteiger partial charge is 0.0151 e. The maximum atomic E-state index is 2.57. The third-order valence-electron chi connectivity index (χ3n) is 5.94. The van der Waals surface area contributed by atoms with Crippen LogP contribution in [0.4, 0.5) is 0 Å². The van der Waals surface area contributed by atoms with Crippen LogP contribution in [-0.4, -0.2) is 17.1 Å². The molecule has 0 aromatic heterocycles. The van der Waals surface area contributed by atoms with E-state index in [1.165, 1.54) is 19.3 Å². The van der Waals surface area contributed by atoms with E-state index in [4.69, 9.17) is 0 Å². The zero-order chi connectivity index (χ0) is 13.1. The molecule has 2 fully saturated rings.